The number of nitriles is 1. The molecule has 0 aliphatic heterocycles. The zero-order valence-corrected chi connectivity index (χ0v) is 12.5. The molecule has 7 heteroatoms. The Hall–Kier alpha value is -3.40. The van der Waals surface area contributed by atoms with Gasteiger partial charge in [0, 0.05) is 5.69 Å². The van der Waals surface area contributed by atoms with Gasteiger partial charge in [0.15, 0.2) is 24.8 Å². The Kier molecular flexibility index (Phi) is 5.86. The first-order valence-corrected chi connectivity index (χ1v) is 6.91. The highest BCUT2D eigenvalue weighted by molar-refractivity contribution is 5.92. The van der Waals surface area contributed by atoms with Gasteiger partial charge in [0.05, 0.1) is 11.6 Å². The van der Waals surface area contributed by atoms with Crippen LogP contribution in [0.15, 0.2) is 48.5 Å². The van der Waals surface area contributed by atoms with Gasteiger partial charge < -0.3 is 14.8 Å². The van der Waals surface area contributed by atoms with Crippen molar-refractivity contribution in [2.24, 2.45) is 0 Å². The van der Waals surface area contributed by atoms with Gasteiger partial charge in [-0.15, -0.1) is 0 Å². The Bertz CT molecular complexity index is 769. The molecule has 0 radical (unpaired) electrons. The number of nitrogens with zero attached hydrogens (tertiary/aromatic N) is 1. The molecular weight excluding hydrogens is 315 g/mol. The van der Waals surface area contributed by atoms with Crippen molar-refractivity contribution in [2.45, 2.75) is 0 Å². The lowest BCUT2D eigenvalue weighted by Gasteiger charge is -2.08. The third-order valence-corrected chi connectivity index (χ3v) is 2.84. The van der Waals surface area contributed by atoms with E-state index in [-0.39, 0.29) is 5.75 Å². The Balaban J connectivity index is 1.73. The molecule has 24 heavy (non-hydrogen) atoms. The number of benzene rings is 2. The van der Waals surface area contributed by atoms with Crippen molar-refractivity contribution in [1.29, 1.82) is 5.26 Å². The normalized spacial score (nSPS) is 9.67. The summed E-state index contributed by atoms with van der Waals surface area (Å²) in [7, 11) is 0. The molecule has 2 rings (SSSR count). The maximum absolute atomic E-state index is 13.3. The number of halogens is 1. The number of para-hydroxylation sites is 1. The number of nitrogens with one attached hydrogen (secondary N) is 1. The molecule has 0 bridgehead atoms. The van der Waals surface area contributed by atoms with E-state index >= 15 is 0 Å². The summed E-state index contributed by atoms with van der Waals surface area (Å²) < 4.78 is 23.0. The zero-order chi connectivity index (χ0) is 17.4. The Morgan fingerprint density at radius 2 is 1.79 bits per heavy atom. The van der Waals surface area contributed by atoms with Gasteiger partial charge in [-0.2, -0.15) is 5.26 Å². The maximum atomic E-state index is 13.3. The Labute approximate surface area is 137 Å². The highest BCUT2D eigenvalue weighted by Crippen LogP contribution is 2.15. The van der Waals surface area contributed by atoms with Gasteiger partial charge in [-0.05, 0) is 36.4 Å². The lowest BCUT2D eigenvalue weighted by Crippen LogP contribution is -2.23. The van der Waals surface area contributed by atoms with Crippen molar-refractivity contribution < 1.29 is 23.5 Å². The number of carbonyl (C=O) groups excluding carboxylic acids is 2. The monoisotopic (exact) mass is 328 g/mol. The number of esters is 1. The summed E-state index contributed by atoms with van der Waals surface area (Å²) in [5, 5.41) is 11.2. The van der Waals surface area contributed by atoms with E-state index in [1.807, 2.05) is 6.07 Å². The molecule has 0 atom stereocenters. The average molecular weight is 328 g/mol. The summed E-state index contributed by atoms with van der Waals surface area (Å²) in [5.41, 5.74) is 0.933. The van der Waals surface area contributed by atoms with Crippen LogP contribution < -0.4 is 10.1 Å². The van der Waals surface area contributed by atoms with Crippen LogP contribution >= 0.6 is 0 Å². The average Bonchev–Trinajstić information content (AvgIpc) is 2.60. The van der Waals surface area contributed by atoms with E-state index in [4.69, 9.17) is 14.7 Å². The van der Waals surface area contributed by atoms with E-state index in [1.54, 1.807) is 30.3 Å². The standard InChI is InChI=1S/C17H13FN2O4/c18-14-3-1-2-4-15(14)23-11-17(22)24-10-16(21)20-13-7-5-12(9-19)6-8-13/h1-8H,10-11H2,(H,20,21). The number of anilines is 1. The van der Waals surface area contributed by atoms with Gasteiger partial charge in [-0.1, -0.05) is 12.1 Å². The van der Waals surface area contributed by atoms with Crippen molar-refractivity contribution in [3.63, 3.8) is 0 Å². The van der Waals surface area contributed by atoms with Gasteiger partial charge in [0.25, 0.3) is 5.91 Å². The molecule has 0 saturated carbocycles. The minimum atomic E-state index is -0.798. The second-order valence-electron chi connectivity index (χ2n) is 4.62. The lowest BCUT2D eigenvalue weighted by molar-refractivity contribution is -0.149. The molecule has 2 aromatic rings. The molecule has 0 saturated heterocycles. The number of hydrogen-bond acceptors (Lipinski definition) is 5. The van der Waals surface area contributed by atoms with E-state index in [1.165, 1.54) is 18.2 Å². The first-order valence-electron chi connectivity index (χ1n) is 6.91. The first-order chi connectivity index (χ1) is 11.6. The fourth-order valence-corrected chi connectivity index (χ4v) is 1.71. The van der Waals surface area contributed by atoms with Crippen LogP contribution in [-0.4, -0.2) is 25.1 Å². The predicted octanol–water partition coefficient (Wildman–Crippen LogP) is 2.26. The van der Waals surface area contributed by atoms with Crippen LogP contribution in [0.5, 0.6) is 5.75 Å². The molecule has 0 aromatic heterocycles. The largest absolute Gasteiger partial charge is 0.479 e. The van der Waals surface area contributed by atoms with Crippen LogP contribution in [0.3, 0.4) is 0 Å². The van der Waals surface area contributed by atoms with Crippen LogP contribution in [0, 0.1) is 17.1 Å². The molecular formula is C17H13FN2O4. The summed E-state index contributed by atoms with van der Waals surface area (Å²) in [5.74, 6) is -2.01. The van der Waals surface area contributed by atoms with Crippen LogP contribution in [0.25, 0.3) is 0 Å². The summed E-state index contributed by atoms with van der Waals surface area (Å²) in [6.45, 7) is -1.01. The number of hydrogen-bond donors (Lipinski definition) is 1. The van der Waals surface area contributed by atoms with E-state index in [9.17, 15) is 14.0 Å². The molecule has 122 valence electrons. The molecule has 0 spiro atoms. The molecule has 6 nitrogen and oxygen atoms in total. The molecule has 1 amide bonds. The number of rotatable bonds is 6. The zero-order valence-electron chi connectivity index (χ0n) is 12.5. The molecule has 0 fully saturated rings. The number of amides is 1. The fourth-order valence-electron chi connectivity index (χ4n) is 1.71. The topological polar surface area (TPSA) is 88.4 Å². The summed E-state index contributed by atoms with van der Waals surface area (Å²) in [6, 6.07) is 13.8. The van der Waals surface area contributed by atoms with Gasteiger partial charge in [0.2, 0.25) is 0 Å². The smallest absolute Gasteiger partial charge is 0.344 e. The van der Waals surface area contributed by atoms with Crippen molar-refractivity contribution in [3.8, 4) is 11.8 Å². The quantitative estimate of drug-likeness (QED) is 0.822. The van der Waals surface area contributed by atoms with Crippen LogP contribution in [-0.2, 0) is 14.3 Å². The summed E-state index contributed by atoms with van der Waals surface area (Å²) in [6.07, 6.45) is 0. The molecule has 0 heterocycles. The highest BCUT2D eigenvalue weighted by atomic mass is 19.1. The van der Waals surface area contributed by atoms with E-state index in [2.05, 4.69) is 5.32 Å². The summed E-state index contributed by atoms with van der Waals surface area (Å²) in [4.78, 5) is 23.1. The van der Waals surface area contributed by atoms with Gasteiger partial charge in [-0.25, -0.2) is 9.18 Å². The minimum absolute atomic E-state index is 0.0727. The SMILES string of the molecule is N#Cc1ccc(NC(=O)COC(=O)COc2ccccc2F)cc1. The lowest BCUT2D eigenvalue weighted by atomic mass is 10.2. The van der Waals surface area contributed by atoms with E-state index < -0.39 is 30.9 Å². The summed E-state index contributed by atoms with van der Waals surface area (Å²) >= 11 is 0. The van der Waals surface area contributed by atoms with Gasteiger partial charge in [0.1, 0.15) is 0 Å². The molecule has 0 unspecified atom stereocenters. The third kappa shape index (κ3) is 5.10. The van der Waals surface area contributed by atoms with Gasteiger partial charge in [-0.3, -0.25) is 4.79 Å². The molecule has 0 aliphatic carbocycles. The van der Waals surface area contributed by atoms with Crippen molar-refractivity contribution in [2.75, 3.05) is 18.5 Å². The molecule has 1 N–H and O–H groups in total. The number of carbonyl (C=O) groups is 2. The van der Waals surface area contributed by atoms with E-state index in [0.717, 1.165) is 0 Å². The Morgan fingerprint density at radius 3 is 2.46 bits per heavy atom. The maximum Gasteiger partial charge on any atom is 0.344 e. The molecule has 2 aromatic carbocycles. The van der Waals surface area contributed by atoms with Crippen molar-refractivity contribution in [3.05, 3.63) is 59.9 Å². The van der Waals surface area contributed by atoms with Gasteiger partial charge >= 0.3 is 5.97 Å². The highest BCUT2D eigenvalue weighted by Gasteiger charge is 2.10. The van der Waals surface area contributed by atoms with Crippen LogP contribution in [0.1, 0.15) is 5.56 Å². The van der Waals surface area contributed by atoms with Crippen LogP contribution in [0.2, 0.25) is 0 Å². The van der Waals surface area contributed by atoms with Crippen molar-refractivity contribution >= 4 is 17.6 Å². The minimum Gasteiger partial charge on any atom is -0.479 e. The Morgan fingerprint density at radius 1 is 1.08 bits per heavy atom. The van der Waals surface area contributed by atoms with Crippen LogP contribution in [0.4, 0.5) is 10.1 Å². The van der Waals surface area contributed by atoms with Crippen molar-refractivity contribution in [1.82, 2.24) is 0 Å². The fraction of sp³-hybridized carbons (Fsp3) is 0.118. The predicted molar refractivity (Wildman–Crippen MR) is 82.6 cm³/mol. The second kappa shape index (κ2) is 8.29. The second-order valence-corrected chi connectivity index (χ2v) is 4.62. The number of ether oxygens (including phenoxy) is 2. The molecule has 0 aliphatic rings. The first kappa shape index (κ1) is 17.0. The third-order valence-electron chi connectivity index (χ3n) is 2.84. The van der Waals surface area contributed by atoms with E-state index in [0.29, 0.717) is 11.3 Å².